The van der Waals surface area contributed by atoms with E-state index in [4.69, 9.17) is 5.73 Å². The van der Waals surface area contributed by atoms with Crippen LogP contribution in [-0.2, 0) is 0 Å². The van der Waals surface area contributed by atoms with Crippen molar-refractivity contribution in [2.24, 2.45) is 17.6 Å². The first kappa shape index (κ1) is 13.1. The second-order valence-electron chi connectivity index (χ2n) is 5.93. The van der Waals surface area contributed by atoms with Gasteiger partial charge < -0.3 is 15.5 Å². The molecule has 0 spiro atoms. The number of nitrogens with two attached hydrogens (primary N) is 1. The van der Waals surface area contributed by atoms with E-state index in [1.165, 1.54) is 0 Å². The molecule has 20 heavy (non-hydrogen) atoms. The molecule has 2 fully saturated rings. The number of fused-ring (bicyclic) bond motifs is 1. The van der Waals surface area contributed by atoms with Gasteiger partial charge >= 0.3 is 0 Å². The van der Waals surface area contributed by atoms with Gasteiger partial charge in [0.2, 0.25) is 5.91 Å². The van der Waals surface area contributed by atoms with Crippen molar-refractivity contribution in [1.82, 2.24) is 9.80 Å². The summed E-state index contributed by atoms with van der Waals surface area (Å²) in [5, 5.41) is 0. The van der Waals surface area contributed by atoms with Gasteiger partial charge in [0, 0.05) is 30.3 Å². The number of carbonyl (C=O) groups excluding carboxylic acids is 2. The number of amides is 2. The van der Waals surface area contributed by atoms with Crippen LogP contribution in [0.2, 0.25) is 0 Å². The van der Waals surface area contributed by atoms with Crippen LogP contribution in [0.1, 0.15) is 20.7 Å². The fraction of sp³-hybridized carbons (Fsp3) is 0.467. The average Bonchev–Trinajstić information content (AvgIpc) is 2.94. The van der Waals surface area contributed by atoms with Crippen LogP contribution < -0.4 is 5.73 Å². The Morgan fingerprint density at radius 1 is 1.10 bits per heavy atom. The van der Waals surface area contributed by atoms with Gasteiger partial charge in [-0.2, -0.15) is 0 Å². The van der Waals surface area contributed by atoms with Gasteiger partial charge in [0.1, 0.15) is 0 Å². The minimum Gasteiger partial charge on any atom is -0.366 e. The Bertz CT molecular complexity index is 541. The van der Waals surface area contributed by atoms with Crippen LogP contribution in [-0.4, -0.2) is 54.8 Å². The molecule has 5 heteroatoms. The Labute approximate surface area is 118 Å². The van der Waals surface area contributed by atoms with Crippen LogP contribution >= 0.6 is 0 Å². The van der Waals surface area contributed by atoms with Crippen molar-refractivity contribution >= 4 is 11.8 Å². The van der Waals surface area contributed by atoms with Crippen LogP contribution in [0.15, 0.2) is 24.3 Å². The van der Waals surface area contributed by atoms with Crippen molar-refractivity contribution in [1.29, 1.82) is 0 Å². The lowest BCUT2D eigenvalue weighted by molar-refractivity contribution is 0.0762. The molecular weight excluding hydrogens is 254 g/mol. The number of carbonyl (C=O) groups is 2. The Hall–Kier alpha value is -1.88. The zero-order chi connectivity index (χ0) is 14.4. The molecule has 2 aliphatic rings. The van der Waals surface area contributed by atoms with Gasteiger partial charge in [-0.25, -0.2) is 0 Å². The largest absolute Gasteiger partial charge is 0.366 e. The summed E-state index contributed by atoms with van der Waals surface area (Å²) in [7, 11) is 4.19. The monoisotopic (exact) mass is 273 g/mol. The van der Waals surface area contributed by atoms with Gasteiger partial charge in [-0.3, -0.25) is 9.59 Å². The van der Waals surface area contributed by atoms with Gasteiger partial charge in [0.05, 0.1) is 0 Å². The van der Waals surface area contributed by atoms with E-state index in [2.05, 4.69) is 19.0 Å². The maximum Gasteiger partial charge on any atom is 0.253 e. The van der Waals surface area contributed by atoms with E-state index in [1.807, 2.05) is 4.90 Å². The highest BCUT2D eigenvalue weighted by molar-refractivity contribution is 5.97. The molecule has 1 aromatic carbocycles. The van der Waals surface area contributed by atoms with Gasteiger partial charge in [-0.1, -0.05) is 0 Å². The van der Waals surface area contributed by atoms with Gasteiger partial charge in [0.25, 0.3) is 5.91 Å². The number of primary amides is 1. The number of piperidine rings is 1. The minimum absolute atomic E-state index is 0.0470. The van der Waals surface area contributed by atoms with Crippen LogP contribution in [0.5, 0.6) is 0 Å². The maximum absolute atomic E-state index is 12.4. The highest BCUT2D eigenvalue weighted by Crippen LogP contribution is 2.48. The van der Waals surface area contributed by atoms with E-state index in [0.29, 0.717) is 29.0 Å². The van der Waals surface area contributed by atoms with Crippen molar-refractivity contribution in [3.05, 3.63) is 35.4 Å². The van der Waals surface area contributed by atoms with Crippen molar-refractivity contribution in [3.63, 3.8) is 0 Å². The van der Waals surface area contributed by atoms with E-state index in [-0.39, 0.29) is 5.91 Å². The topological polar surface area (TPSA) is 66.6 Å². The van der Waals surface area contributed by atoms with Crippen LogP contribution in [0.3, 0.4) is 0 Å². The first-order valence-corrected chi connectivity index (χ1v) is 6.84. The Morgan fingerprint density at radius 2 is 1.60 bits per heavy atom. The van der Waals surface area contributed by atoms with Crippen molar-refractivity contribution in [2.75, 3.05) is 27.2 Å². The molecule has 106 valence electrons. The molecule has 2 amide bonds. The minimum atomic E-state index is -0.472. The van der Waals surface area contributed by atoms with Crippen molar-refractivity contribution in [3.8, 4) is 0 Å². The molecule has 0 aromatic heterocycles. The summed E-state index contributed by atoms with van der Waals surface area (Å²) < 4.78 is 0. The molecule has 1 saturated heterocycles. The molecule has 3 rings (SSSR count). The van der Waals surface area contributed by atoms with Crippen LogP contribution in [0.25, 0.3) is 0 Å². The molecule has 1 aromatic rings. The third kappa shape index (κ3) is 2.08. The lowest BCUT2D eigenvalue weighted by Crippen LogP contribution is -2.35. The predicted molar refractivity (Wildman–Crippen MR) is 75.3 cm³/mol. The summed E-state index contributed by atoms with van der Waals surface area (Å²) in [4.78, 5) is 27.5. The second kappa shape index (κ2) is 4.59. The Morgan fingerprint density at radius 3 is 2.05 bits per heavy atom. The molecule has 1 aliphatic heterocycles. The third-order valence-electron chi connectivity index (χ3n) is 4.45. The lowest BCUT2D eigenvalue weighted by atomic mass is 10.1. The van der Waals surface area contributed by atoms with Crippen LogP contribution in [0, 0.1) is 11.8 Å². The SMILES string of the molecule is CN(C)C1[C@H]2CN(C(=O)c3ccc(C(N)=O)cc3)C[C@@H]12. The van der Waals surface area contributed by atoms with Crippen molar-refractivity contribution < 1.29 is 9.59 Å². The zero-order valence-corrected chi connectivity index (χ0v) is 11.7. The summed E-state index contributed by atoms with van der Waals surface area (Å²) in [6.45, 7) is 1.67. The number of hydrogen-bond donors (Lipinski definition) is 1. The lowest BCUT2D eigenvalue weighted by Gasteiger charge is -2.22. The number of benzene rings is 1. The summed E-state index contributed by atoms with van der Waals surface area (Å²) >= 11 is 0. The van der Waals surface area contributed by atoms with Gasteiger partial charge in [-0.15, -0.1) is 0 Å². The summed E-state index contributed by atoms with van der Waals surface area (Å²) in [5.74, 6) is 0.823. The molecule has 5 nitrogen and oxygen atoms in total. The molecule has 1 saturated carbocycles. The molecule has 1 unspecified atom stereocenters. The highest BCUT2D eigenvalue weighted by atomic mass is 16.2. The van der Waals surface area contributed by atoms with Crippen molar-refractivity contribution in [2.45, 2.75) is 6.04 Å². The van der Waals surface area contributed by atoms with Crippen LogP contribution in [0.4, 0.5) is 0 Å². The zero-order valence-electron chi connectivity index (χ0n) is 11.7. The van der Waals surface area contributed by atoms with E-state index < -0.39 is 5.91 Å². The number of rotatable bonds is 3. The van der Waals surface area contributed by atoms with E-state index in [0.717, 1.165) is 13.1 Å². The summed E-state index contributed by atoms with van der Waals surface area (Å²) in [5.41, 5.74) is 6.24. The average molecular weight is 273 g/mol. The highest BCUT2D eigenvalue weighted by Gasteiger charge is 2.57. The molecule has 3 atom stereocenters. The first-order valence-electron chi connectivity index (χ1n) is 6.84. The smallest absolute Gasteiger partial charge is 0.253 e. The molecule has 0 bridgehead atoms. The molecule has 2 N–H and O–H groups in total. The fourth-order valence-electron chi connectivity index (χ4n) is 3.39. The second-order valence-corrected chi connectivity index (χ2v) is 5.93. The number of nitrogens with zero attached hydrogens (tertiary/aromatic N) is 2. The first-order chi connectivity index (χ1) is 9.49. The molecule has 0 radical (unpaired) electrons. The normalized spacial score (nSPS) is 27.6. The summed E-state index contributed by atoms with van der Waals surface area (Å²) in [6.07, 6.45) is 0. The number of likely N-dealkylation sites (tertiary alicyclic amines) is 1. The molecular formula is C15H19N3O2. The molecule has 1 heterocycles. The van der Waals surface area contributed by atoms with Gasteiger partial charge in [-0.05, 0) is 50.2 Å². The predicted octanol–water partition coefficient (Wildman–Crippen LogP) is 0.418. The Balaban J connectivity index is 1.65. The summed E-state index contributed by atoms with van der Waals surface area (Å²) in [6, 6.07) is 7.20. The van der Waals surface area contributed by atoms with E-state index >= 15 is 0 Å². The Kier molecular flexibility index (Phi) is 3.01. The van der Waals surface area contributed by atoms with E-state index in [1.54, 1.807) is 24.3 Å². The van der Waals surface area contributed by atoms with E-state index in [9.17, 15) is 9.59 Å². The quantitative estimate of drug-likeness (QED) is 0.868. The number of hydrogen-bond acceptors (Lipinski definition) is 3. The molecule has 1 aliphatic carbocycles. The van der Waals surface area contributed by atoms with Gasteiger partial charge in [0.15, 0.2) is 0 Å². The standard InChI is InChI=1S/C15H19N3O2/c1-17(2)13-11-7-18(8-12(11)13)15(20)10-5-3-9(4-6-10)14(16)19/h3-6,11-13H,7-8H2,1-2H3,(H2,16,19)/t11-,12+,13?. The maximum atomic E-state index is 12.4. The fourth-order valence-corrected chi connectivity index (χ4v) is 3.39. The third-order valence-corrected chi connectivity index (χ3v) is 4.45.